The molecule has 2 N–H and O–H groups in total. The lowest BCUT2D eigenvalue weighted by atomic mass is 9.72. The normalized spacial score (nSPS) is 35.9. The quantitative estimate of drug-likeness (QED) is 0.713. The molecule has 0 bridgehead atoms. The second-order valence-electron chi connectivity index (χ2n) is 5.76. The average Bonchev–Trinajstić information content (AvgIpc) is 2.44. The molecule has 1 amide bonds. The Balaban J connectivity index is 2.11. The molecule has 0 aromatic heterocycles. The van der Waals surface area contributed by atoms with E-state index in [1.54, 1.807) is 0 Å². The predicted molar refractivity (Wildman–Crippen MR) is 60.3 cm³/mol. The van der Waals surface area contributed by atoms with Crippen molar-refractivity contribution in [2.24, 2.45) is 11.1 Å². The summed E-state index contributed by atoms with van der Waals surface area (Å²) in [6.45, 7) is 5.34. The molecule has 2 fully saturated rings. The minimum Gasteiger partial charge on any atom is -0.338 e. The number of carbonyl (C=O) groups excluding carboxylic acids is 1. The summed E-state index contributed by atoms with van der Waals surface area (Å²) in [7, 11) is 0. The molecule has 3 heteroatoms. The number of hydrogen-bond donors (Lipinski definition) is 1. The highest BCUT2D eigenvalue weighted by Gasteiger charge is 2.41. The Morgan fingerprint density at radius 3 is 2.67 bits per heavy atom. The molecule has 0 aromatic rings. The first-order valence-corrected chi connectivity index (χ1v) is 6.06. The van der Waals surface area contributed by atoms with Gasteiger partial charge in [0.1, 0.15) is 0 Å². The van der Waals surface area contributed by atoms with Gasteiger partial charge in [0, 0.05) is 25.0 Å². The number of nitrogens with two attached hydrogens (primary N) is 1. The van der Waals surface area contributed by atoms with Crippen LogP contribution in [-0.4, -0.2) is 29.4 Å². The first-order chi connectivity index (χ1) is 7.00. The van der Waals surface area contributed by atoms with E-state index >= 15 is 0 Å². The van der Waals surface area contributed by atoms with Crippen LogP contribution in [0.3, 0.4) is 0 Å². The molecule has 15 heavy (non-hydrogen) atoms. The highest BCUT2D eigenvalue weighted by Crippen LogP contribution is 2.39. The van der Waals surface area contributed by atoms with E-state index in [0.717, 1.165) is 13.0 Å². The van der Waals surface area contributed by atoms with Crippen molar-refractivity contribution in [3.05, 3.63) is 0 Å². The largest absolute Gasteiger partial charge is 0.338 e. The van der Waals surface area contributed by atoms with Crippen molar-refractivity contribution in [3.8, 4) is 0 Å². The third-order valence-electron chi connectivity index (χ3n) is 4.02. The molecule has 1 aliphatic carbocycles. The van der Waals surface area contributed by atoms with Gasteiger partial charge in [-0.05, 0) is 18.3 Å². The van der Waals surface area contributed by atoms with E-state index in [4.69, 9.17) is 5.73 Å². The zero-order chi connectivity index (χ0) is 11.1. The Morgan fingerprint density at radius 1 is 1.40 bits per heavy atom. The van der Waals surface area contributed by atoms with E-state index in [9.17, 15) is 4.79 Å². The first-order valence-electron chi connectivity index (χ1n) is 6.06. The second-order valence-corrected chi connectivity index (χ2v) is 5.76. The Kier molecular flexibility index (Phi) is 2.75. The molecule has 86 valence electrons. The molecular formula is C12H22N2O. The fourth-order valence-corrected chi connectivity index (χ4v) is 3.11. The van der Waals surface area contributed by atoms with Crippen LogP contribution in [0, 0.1) is 5.41 Å². The zero-order valence-electron chi connectivity index (χ0n) is 9.83. The van der Waals surface area contributed by atoms with Crippen molar-refractivity contribution < 1.29 is 4.79 Å². The highest BCUT2D eigenvalue weighted by molar-refractivity contribution is 5.79. The maximum Gasteiger partial charge on any atom is 0.224 e. The van der Waals surface area contributed by atoms with Crippen LogP contribution >= 0.6 is 0 Å². The lowest BCUT2D eigenvalue weighted by Crippen LogP contribution is -2.48. The summed E-state index contributed by atoms with van der Waals surface area (Å²) in [5.41, 5.74) is 6.12. The first kappa shape index (κ1) is 10.9. The fourth-order valence-electron chi connectivity index (χ4n) is 3.11. The number of likely N-dealkylation sites (tertiary alicyclic amines) is 1. The van der Waals surface area contributed by atoms with E-state index in [1.807, 2.05) is 4.90 Å². The minimum absolute atomic E-state index is 0.0650. The molecular weight excluding hydrogens is 188 g/mol. The number of carbonyl (C=O) groups is 1. The van der Waals surface area contributed by atoms with Crippen LogP contribution in [-0.2, 0) is 4.79 Å². The predicted octanol–water partition coefficient (Wildman–Crippen LogP) is 1.51. The van der Waals surface area contributed by atoms with Gasteiger partial charge in [0.15, 0.2) is 0 Å². The average molecular weight is 210 g/mol. The molecule has 1 saturated heterocycles. The lowest BCUT2D eigenvalue weighted by Gasteiger charge is -2.44. The summed E-state index contributed by atoms with van der Waals surface area (Å²) in [4.78, 5) is 13.9. The van der Waals surface area contributed by atoms with E-state index in [-0.39, 0.29) is 17.4 Å². The smallest absolute Gasteiger partial charge is 0.224 e. The molecule has 2 atom stereocenters. The maximum absolute atomic E-state index is 11.8. The number of rotatable bonds is 1. The Labute approximate surface area is 92.0 Å². The summed E-state index contributed by atoms with van der Waals surface area (Å²) in [5, 5.41) is 0. The Morgan fingerprint density at radius 2 is 2.13 bits per heavy atom. The van der Waals surface area contributed by atoms with E-state index in [0.29, 0.717) is 12.5 Å². The van der Waals surface area contributed by atoms with Gasteiger partial charge >= 0.3 is 0 Å². The van der Waals surface area contributed by atoms with Crippen LogP contribution in [0.5, 0.6) is 0 Å². The van der Waals surface area contributed by atoms with Gasteiger partial charge in [0.25, 0.3) is 0 Å². The molecule has 1 saturated carbocycles. The van der Waals surface area contributed by atoms with E-state index < -0.39 is 0 Å². The van der Waals surface area contributed by atoms with Gasteiger partial charge in [-0.1, -0.05) is 26.7 Å². The molecule has 0 radical (unpaired) electrons. The van der Waals surface area contributed by atoms with Crippen LogP contribution in [0.4, 0.5) is 0 Å². The SMILES string of the molecule is CC1(C)CCCCC1N1CC(N)CC1=O. The van der Waals surface area contributed by atoms with Gasteiger partial charge in [0.2, 0.25) is 5.91 Å². The molecule has 2 rings (SSSR count). The summed E-state index contributed by atoms with van der Waals surface area (Å²) < 4.78 is 0. The van der Waals surface area contributed by atoms with Gasteiger partial charge < -0.3 is 10.6 Å². The number of hydrogen-bond acceptors (Lipinski definition) is 2. The van der Waals surface area contributed by atoms with Crippen molar-refractivity contribution in [2.45, 2.75) is 58.0 Å². The number of nitrogens with zero attached hydrogens (tertiary/aromatic N) is 1. The van der Waals surface area contributed by atoms with Crippen LogP contribution in [0.25, 0.3) is 0 Å². The Bertz CT molecular complexity index is 262. The summed E-state index contributed by atoms with van der Waals surface area (Å²) in [6, 6.07) is 0.488. The van der Waals surface area contributed by atoms with Crippen molar-refractivity contribution in [2.75, 3.05) is 6.54 Å². The van der Waals surface area contributed by atoms with Gasteiger partial charge in [-0.15, -0.1) is 0 Å². The number of amides is 1. The monoisotopic (exact) mass is 210 g/mol. The molecule has 1 aliphatic heterocycles. The van der Waals surface area contributed by atoms with Crippen molar-refractivity contribution >= 4 is 5.91 Å². The maximum atomic E-state index is 11.8. The van der Waals surface area contributed by atoms with Crippen LogP contribution in [0.2, 0.25) is 0 Å². The van der Waals surface area contributed by atoms with Crippen LogP contribution in [0.1, 0.15) is 46.0 Å². The third kappa shape index (κ3) is 2.03. The minimum atomic E-state index is 0.0650. The molecule has 2 aliphatic rings. The fraction of sp³-hybridized carbons (Fsp3) is 0.917. The van der Waals surface area contributed by atoms with Gasteiger partial charge in [-0.3, -0.25) is 4.79 Å². The highest BCUT2D eigenvalue weighted by atomic mass is 16.2. The molecule has 0 spiro atoms. The lowest BCUT2D eigenvalue weighted by molar-refractivity contribution is -0.133. The van der Waals surface area contributed by atoms with Crippen LogP contribution < -0.4 is 5.73 Å². The van der Waals surface area contributed by atoms with Gasteiger partial charge in [0.05, 0.1) is 0 Å². The van der Waals surface area contributed by atoms with E-state index in [1.165, 1.54) is 19.3 Å². The summed E-state index contributed by atoms with van der Waals surface area (Å²) in [6.07, 6.45) is 5.50. The molecule has 0 aromatic carbocycles. The molecule has 3 nitrogen and oxygen atoms in total. The van der Waals surface area contributed by atoms with Crippen molar-refractivity contribution in [3.63, 3.8) is 0 Å². The van der Waals surface area contributed by atoms with E-state index in [2.05, 4.69) is 13.8 Å². The second kappa shape index (κ2) is 3.78. The van der Waals surface area contributed by atoms with Crippen molar-refractivity contribution in [1.82, 2.24) is 4.90 Å². The van der Waals surface area contributed by atoms with Crippen molar-refractivity contribution in [1.29, 1.82) is 0 Å². The summed E-state index contributed by atoms with van der Waals surface area (Å²) in [5.74, 6) is 0.266. The third-order valence-corrected chi connectivity index (χ3v) is 4.02. The molecule has 1 heterocycles. The van der Waals surface area contributed by atoms with Gasteiger partial charge in [-0.2, -0.15) is 0 Å². The van der Waals surface area contributed by atoms with Gasteiger partial charge in [-0.25, -0.2) is 0 Å². The van der Waals surface area contributed by atoms with Crippen LogP contribution in [0.15, 0.2) is 0 Å². The zero-order valence-corrected chi connectivity index (χ0v) is 9.83. The molecule has 2 unspecified atom stereocenters. The standard InChI is InChI=1S/C12H22N2O/c1-12(2)6-4-3-5-10(12)14-8-9(13)7-11(14)15/h9-10H,3-8,13H2,1-2H3. The summed E-state index contributed by atoms with van der Waals surface area (Å²) >= 11 is 0. The Hall–Kier alpha value is -0.570. The topological polar surface area (TPSA) is 46.3 Å².